The van der Waals surface area contributed by atoms with Gasteiger partial charge in [0.1, 0.15) is 11.5 Å². The quantitative estimate of drug-likeness (QED) is 0.498. The molecule has 0 aliphatic heterocycles. The topological polar surface area (TPSA) is 90.8 Å². The Balaban J connectivity index is 1.94. The van der Waals surface area contributed by atoms with Crippen LogP contribution >= 0.6 is 0 Å². The van der Waals surface area contributed by atoms with Crippen LogP contribution in [-0.2, 0) is 9.53 Å². The van der Waals surface area contributed by atoms with E-state index >= 15 is 0 Å². The largest absolute Gasteiger partial charge is 0.496 e. The molecule has 0 saturated carbocycles. The molecule has 2 aromatic carbocycles. The number of methoxy groups -OCH3 is 1. The smallest absolute Gasteiger partial charge is 0.332 e. The van der Waals surface area contributed by atoms with E-state index in [0.29, 0.717) is 22.8 Å². The third kappa shape index (κ3) is 4.60. The molecular weight excluding hydrogens is 348 g/mol. The number of carboxylic acid groups (broad SMARTS) is 1. The van der Waals surface area contributed by atoms with E-state index in [2.05, 4.69) is 9.97 Å². The van der Waals surface area contributed by atoms with Gasteiger partial charge in [-0.3, -0.25) is 0 Å². The summed E-state index contributed by atoms with van der Waals surface area (Å²) in [5, 5.41) is 9.03. The van der Waals surface area contributed by atoms with Gasteiger partial charge in [0.25, 0.3) is 0 Å². The summed E-state index contributed by atoms with van der Waals surface area (Å²) in [6.45, 7) is 0. The number of hydrogen-bond acceptors (Lipinski definition) is 6. The van der Waals surface area contributed by atoms with Crippen LogP contribution in [0.5, 0.6) is 23.3 Å². The van der Waals surface area contributed by atoms with Crippen LogP contribution in [0, 0.1) is 0 Å². The standard InChI is InChI=1S/C20H16N2O5/c1-25-18(13-19(23)24)14-7-2-3-8-15(14)26-16-9-4-5-10-17(16)27-20-21-11-6-12-22-20/h2-13H,1H3,(H,23,24)/b18-13-. The van der Waals surface area contributed by atoms with Crippen molar-refractivity contribution in [3.05, 3.63) is 78.6 Å². The molecule has 0 radical (unpaired) electrons. The number of aliphatic carboxylic acids is 1. The van der Waals surface area contributed by atoms with Gasteiger partial charge in [0.05, 0.1) is 18.7 Å². The zero-order valence-corrected chi connectivity index (χ0v) is 14.4. The molecule has 0 aliphatic rings. The van der Waals surface area contributed by atoms with Crippen molar-refractivity contribution in [3.63, 3.8) is 0 Å². The Bertz CT molecular complexity index is 957. The highest BCUT2D eigenvalue weighted by Crippen LogP contribution is 2.36. The minimum atomic E-state index is -1.12. The molecule has 1 heterocycles. The summed E-state index contributed by atoms with van der Waals surface area (Å²) in [6, 6.07) is 15.9. The molecule has 3 aromatic rings. The van der Waals surface area contributed by atoms with E-state index in [1.807, 2.05) is 0 Å². The van der Waals surface area contributed by atoms with Crippen LogP contribution in [0.2, 0.25) is 0 Å². The van der Waals surface area contributed by atoms with Crippen molar-refractivity contribution in [1.29, 1.82) is 0 Å². The van der Waals surface area contributed by atoms with Crippen LogP contribution < -0.4 is 9.47 Å². The first-order chi connectivity index (χ1) is 13.2. The second kappa shape index (κ2) is 8.48. The highest BCUT2D eigenvalue weighted by molar-refractivity contribution is 5.89. The van der Waals surface area contributed by atoms with Gasteiger partial charge in [-0.15, -0.1) is 0 Å². The Labute approximate surface area is 155 Å². The van der Waals surface area contributed by atoms with E-state index in [1.54, 1.807) is 67.0 Å². The molecule has 1 aromatic heterocycles. The predicted molar refractivity (Wildman–Crippen MR) is 97.7 cm³/mol. The van der Waals surface area contributed by atoms with Crippen molar-refractivity contribution in [3.8, 4) is 23.3 Å². The molecule has 0 amide bonds. The first-order valence-electron chi connectivity index (χ1n) is 7.97. The van der Waals surface area contributed by atoms with E-state index in [0.717, 1.165) is 6.08 Å². The molecule has 0 atom stereocenters. The van der Waals surface area contributed by atoms with E-state index in [1.165, 1.54) is 7.11 Å². The molecule has 0 spiro atoms. The fourth-order valence-electron chi connectivity index (χ4n) is 2.29. The van der Waals surface area contributed by atoms with Gasteiger partial charge in [-0.1, -0.05) is 24.3 Å². The van der Waals surface area contributed by atoms with Crippen molar-refractivity contribution >= 4 is 11.7 Å². The third-order valence-corrected chi connectivity index (χ3v) is 3.44. The molecule has 7 nitrogen and oxygen atoms in total. The minimum absolute atomic E-state index is 0.169. The molecule has 3 rings (SSSR count). The van der Waals surface area contributed by atoms with Gasteiger partial charge < -0.3 is 19.3 Å². The Hall–Kier alpha value is -3.87. The third-order valence-electron chi connectivity index (χ3n) is 3.44. The number of carboxylic acids is 1. The molecule has 27 heavy (non-hydrogen) atoms. The minimum Gasteiger partial charge on any atom is -0.496 e. The fraction of sp³-hybridized carbons (Fsp3) is 0.0500. The SMILES string of the molecule is CO/C(=C\C(=O)O)c1ccccc1Oc1ccccc1Oc1ncccn1. The van der Waals surface area contributed by atoms with E-state index < -0.39 is 5.97 Å². The lowest BCUT2D eigenvalue weighted by atomic mass is 10.1. The molecule has 136 valence electrons. The molecule has 0 saturated heterocycles. The number of nitrogens with zero attached hydrogens (tertiary/aromatic N) is 2. The lowest BCUT2D eigenvalue weighted by Crippen LogP contribution is -1.98. The number of para-hydroxylation sites is 3. The average molecular weight is 364 g/mol. The maximum atomic E-state index is 11.0. The van der Waals surface area contributed by atoms with Crippen molar-refractivity contribution in [2.45, 2.75) is 0 Å². The van der Waals surface area contributed by atoms with Crippen LogP contribution in [-0.4, -0.2) is 28.2 Å². The molecular formula is C20H16N2O5. The van der Waals surface area contributed by atoms with E-state index in [4.69, 9.17) is 19.3 Å². The second-order valence-electron chi connectivity index (χ2n) is 5.23. The van der Waals surface area contributed by atoms with Gasteiger partial charge in [0.2, 0.25) is 0 Å². The van der Waals surface area contributed by atoms with Crippen LogP contribution in [0.3, 0.4) is 0 Å². The van der Waals surface area contributed by atoms with Crippen LogP contribution in [0.4, 0.5) is 0 Å². The number of ether oxygens (including phenoxy) is 3. The Kier molecular flexibility index (Phi) is 5.64. The van der Waals surface area contributed by atoms with Crippen molar-refractivity contribution in [1.82, 2.24) is 9.97 Å². The highest BCUT2D eigenvalue weighted by atomic mass is 16.5. The first kappa shape index (κ1) is 17.9. The predicted octanol–water partition coefficient (Wildman–Crippen LogP) is 4.13. The monoisotopic (exact) mass is 364 g/mol. The highest BCUT2D eigenvalue weighted by Gasteiger charge is 2.14. The summed E-state index contributed by atoms with van der Waals surface area (Å²) in [5.74, 6) is 0.300. The van der Waals surface area contributed by atoms with Crippen LogP contribution in [0.25, 0.3) is 5.76 Å². The van der Waals surface area contributed by atoms with Crippen molar-refractivity contribution in [2.75, 3.05) is 7.11 Å². The van der Waals surface area contributed by atoms with Crippen molar-refractivity contribution in [2.24, 2.45) is 0 Å². The Morgan fingerprint density at radius 3 is 2.11 bits per heavy atom. The maximum absolute atomic E-state index is 11.0. The van der Waals surface area contributed by atoms with Gasteiger partial charge in [0, 0.05) is 12.4 Å². The molecule has 0 fully saturated rings. The second-order valence-corrected chi connectivity index (χ2v) is 5.23. The summed E-state index contributed by atoms with van der Waals surface area (Å²) >= 11 is 0. The van der Waals surface area contributed by atoms with Crippen LogP contribution in [0.15, 0.2) is 73.1 Å². The molecule has 0 unspecified atom stereocenters. The summed E-state index contributed by atoms with van der Waals surface area (Å²) < 4.78 is 16.9. The summed E-state index contributed by atoms with van der Waals surface area (Å²) in [4.78, 5) is 19.1. The molecule has 1 N–H and O–H groups in total. The first-order valence-corrected chi connectivity index (χ1v) is 7.97. The molecule has 7 heteroatoms. The van der Waals surface area contributed by atoms with E-state index in [9.17, 15) is 4.79 Å². The Morgan fingerprint density at radius 1 is 0.889 bits per heavy atom. The molecule has 0 aliphatic carbocycles. The lowest BCUT2D eigenvalue weighted by Gasteiger charge is -2.15. The number of carbonyl (C=O) groups is 1. The van der Waals surface area contributed by atoms with Crippen LogP contribution in [0.1, 0.15) is 5.56 Å². The summed E-state index contributed by atoms with van der Waals surface area (Å²) in [5.41, 5.74) is 0.494. The van der Waals surface area contributed by atoms with Gasteiger partial charge in [-0.25, -0.2) is 14.8 Å². The zero-order chi connectivity index (χ0) is 19.1. The van der Waals surface area contributed by atoms with Gasteiger partial charge >= 0.3 is 12.0 Å². The number of benzene rings is 2. The zero-order valence-electron chi connectivity index (χ0n) is 14.4. The average Bonchev–Trinajstić information content (AvgIpc) is 2.69. The molecule has 0 bridgehead atoms. The number of hydrogen-bond donors (Lipinski definition) is 1. The summed E-state index contributed by atoms with van der Waals surface area (Å²) in [7, 11) is 1.40. The van der Waals surface area contributed by atoms with Crippen molar-refractivity contribution < 1.29 is 24.1 Å². The van der Waals surface area contributed by atoms with E-state index in [-0.39, 0.29) is 11.8 Å². The van der Waals surface area contributed by atoms with Gasteiger partial charge in [0.15, 0.2) is 11.5 Å². The van der Waals surface area contributed by atoms with Gasteiger partial charge in [-0.05, 0) is 30.3 Å². The number of aromatic nitrogens is 2. The maximum Gasteiger partial charge on any atom is 0.332 e. The Morgan fingerprint density at radius 2 is 1.48 bits per heavy atom. The van der Waals surface area contributed by atoms with Gasteiger partial charge in [-0.2, -0.15) is 0 Å². The summed E-state index contributed by atoms with van der Waals surface area (Å²) in [6.07, 6.45) is 4.12. The fourth-order valence-corrected chi connectivity index (χ4v) is 2.29. The normalized spacial score (nSPS) is 10.9. The lowest BCUT2D eigenvalue weighted by molar-refractivity contribution is -0.131. The number of rotatable bonds is 7.